The zero-order valence-corrected chi connectivity index (χ0v) is 14.2. The molecule has 3 aliphatic heterocycles. The largest absolute Gasteiger partial charge is 0.379 e. The monoisotopic (exact) mass is 337 g/mol. The minimum Gasteiger partial charge on any atom is -0.379 e. The molecule has 7 heteroatoms. The second kappa shape index (κ2) is 8.07. The van der Waals surface area contributed by atoms with E-state index < -0.39 is 0 Å². The summed E-state index contributed by atoms with van der Waals surface area (Å²) in [7, 11) is 0. The molecule has 3 rings (SSSR count). The molecule has 3 aliphatic rings. The fraction of sp³-hybridized carbons (Fsp3) is 0.824. The molecule has 24 heavy (non-hydrogen) atoms. The first-order valence-electron chi connectivity index (χ1n) is 9.04. The van der Waals surface area contributed by atoms with Crippen LogP contribution in [0.1, 0.15) is 32.1 Å². The lowest BCUT2D eigenvalue weighted by atomic mass is 10.00. The van der Waals surface area contributed by atoms with Crippen molar-refractivity contribution in [2.75, 3.05) is 52.5 Å². The van der Waals surface area contributed by atoms with Crippen LogP contribution >= 0.6 is 0 Å². The third-order valence-electron chi connectivity index (χ3n) is 5.27. The number of likely N-dealkylation sites (tertiary alicyclic amines) is 2. The van der Waals surface area contributed by atoms with E-state index in [0.29, 0.717) is 5.92 Å². The van der Waals surface area contributed by atoms with Crippen LogP contribution in [-0.4, -0.2) is 84.9 Å². The topological polar surface area (TPSA) is 70.2 Å². The molecule has 0 saturated carbocycles. The second-order valence-electron chi connectivity index (χ2n) is 6.96. The van der Waals surface area contributed by atoms with E-state index in [2.05, 4.69) is 4.90 Å². The molecule has 7 nitrogen and oxygen atoms in total. The van der Waals surface area contributed by atoms with Crippen LogP contribution < -0.4 is 0 Å². The zero-order valence-electron chi connectivity index (χ0n) is 14.2. The molecule has 1 atom stereocenters. The molecular formula is C17H27N3O4. The fourth-order valence-corrected chi connectivity index (χ4v) is 3.78. The molecule has 3 heterocycles. The summed E-state index contributed by atoms with van der Waals surface area (Å²) in [4.78, 5) is 41.2. The highest BCUT2D eigenvalue weighted by molar-refractivity contribution is 6.04. The predicted octanol–water partition coefficient (Wildman–Crippen LogP) is 0.0963. The molecule has 134 valence electrons. The van der Waals surface area contributed by atoms with Gasteiger partial charge < -0.3 is 9.64 Å². The van der Waals surface area contributed by atoms with Gasteiger partial charge in [0, 0.05) is 45.6 Å². The van der Waals surface area contributed by atoms with Crippen LogP contribution in [0.2, 0.25) is 0 Å². The van der Waals surface area contributed by atoms with Crippen molar-refractivity contribution in [3.05, 3.63) is 0 Å². The number of imide groups is 1. The number of hydrogen-bond acceptors (Lipinski definition) is 5. The quantitative estimate of drug-likeness (QED) is 0.681. The summed E-state index contributed by atoms with van der Waals surface area (Å²) in [6.07, 6.45) is 3.60. The van der Waals surface area contributed by atoms with Crippen LogP contribution in [0.5, 0.6) is 0 Å². The van der Waals surface area contributed by atoms with Crippen molar-refractivity contribution >= 4 is 17.7 Å². The number of carbonyl (C=O) groups is 3. The maximum absolute atomic E-state index is 12.4. The molecule has 3 amide bonds. The zero-order chi connectivity index (χ0) is 16.9. The SMILES string of the molecule is O=C(CN1C(=O)CCC1=O)N1CCCC(CN2CCOCC2)CC1. The van der Waals surface area contributed by atoms with E-state index in [1.165, 1.54) is 0 Å². The molecule has 0 aliphatic carbocycles. The van der Waals surface area contributed by atoms with Gasteiger partial charge in [0.05, 0.1) is 13.2 Å². The van der Waals surface area contributed by atoms with Crippen molar-refractivity contribution in [1.29, 1.82) is 0 Å². The fourth-order valence-electron chi connectivity index (χ4n) is 3.78. The molecule has 0 aromatic heterocycles. The Morgan fingerprint density at radius 3 is 2.42 bits per heavy atom. The van der Waals surface area contributed by atoms with Crippen LogP contribution in [0.25, 0.3) is 0 Å². The smallest absolute Gasteiger partial charge is 0.242 e. The van der Waals surface area contributed by atoms with E-state index in [-0.39, 0.29) is 37.1 Å². The lowest BCUT2D eigenvalue weighted by Gasteiger charge is -2.30. The third-order valence-corrected chi connectivity index (χ3v) is 5.27. The van der Waals surface area contributed by atoms with Crippen molar-refractivity contribution in [3.63, 3.8) is 0 Å². The van der Waals surface area contributed by atoms with Crippen molar-refractivity contribution in [3.8, 4) is 0 Å². The maximum Gasteiger partial charge on any atom is 0.242 e. The lowest BCUT2D eigenvalue weighted by Crippen LogP contribution is -2.43. The van der Waals surface area contributed by atoms with Gasteiger partial charge in [0.2, 0.25) is 17.7 Å². The van der Waals surface area contributed by atoms with E-state index in [0.717, 1.165) is 70.1 Å². The molecule has 0 aromatic carbocycles. The maximum atomic E-state index is 12.4. The first kappa shape index (κ1) is 17.4. The second-order valence-corrected chi connectivity index (χ2v) is 6.96. The number of rotatable bonds is 4. The van der Waals surface area contributed by atoms with Crippen LogP contribution in [-0.2, 0) is 19.1 Å². The number of carbonyl (C=O) groups excluding carboxylic acids is 3. The molecule has 0 radical (unpaired) electrons. The van der Waals surface area contributed by atoms with Gasteiger partial charge in [-0.05, 0) is 25.2 Å². The molecule has 3 fully saturated rings. The Bertz CT molecular complexity index is 474. The molecule has 3 saturated heterocycles. The average Bonchev–Trinajstić information content (AvgIpc) is 2.79. The van der Waals surface area contributed by atoms with Crippen molar-refractivity contribution in [1.82, 2.24) is 14.7 Å². The summed E-state index contributed by atoms with van der Waals surface area (Å²) >= 11 is 0. The van der Waals surface area contributed by atoms with Crippen LogP contribution in [0.15, 0.2) is 0 Å². The van der Waals surface area contributed by atoms with Gasteiger partial charge in [0.1, 0.15) is 6.54 Å². The van der Waals surface area contributed by atoms with Gasteiger partial charge in [-0.1, -0.05) is 0 Å². The molecule has 0 spiro atoms. The number of ether oxygens (including phenoxy) is 1. The van der Waals surface area contributed by atoms with Gasteiger partial charge in [-0.15, -0.1) is 0 Å². The van der Waals surface area contributed by atoms with Gasteiger partial charge >= 0.3 is 0 Å². The number of hydrogen-bond donors (Lipinski definition) is 0. The number of amides is 3. The summed E-state index contributed by atoms with van der Waals surface area (Å²) in [6.45, 7) is 6.08. The van der Waals surface area contributed by atoms with Crippen LogP contribution in [0.3, 0.4) is 0 Å². The summed E-state index contributed by atoms with van der Waals surface area (Å²) in [5, 5.41) is 0. The molecular weight excluding hydrogens is 310 g/mol. The van der Waals surface area contributed by atoms with Gasteiger partial charge in [-0.25, -0.2) is 0 Å². The molecule has 0 bridgehead atoms. The highest BCUT2D eigenvalue weighted by Crippen LogP contribution is 2.20. The summed E-state index contributed by atoms with van der Waals surface area (Å²) < 4.78 is 5.39. The summed E-state index contributed by atoms with van der Waals surface area (Å²) in [5.74, 6) is 0.0864. The van der Waals surface area contributed by atoms with Gasteiger partial charge in [0.25, 0.3) is 0 Å². The van der Waals surface area contributed by atoms with Crippen LogP contribution in [0, 0.1) is 5.92 Å². The highest BCUT2D eigenvalue weighted by Gasteiger charge is 2.32. The standard InChI is InChI=1S/C17H27N3O4/c21-15-3-4-16(22)20(15)13-17(23)19-6-1-2-14(5-7-19)12-18-8-10-24-11-9-18/h14H,1-13H2. The number of morpholine rings is 1. The third kappa shape index (κ3) is 4.33. The molecule has 0 aromatic rings. The van der Waals surface area contributed by atoms with Crippen molar-refractivity contribution < 1.29 is 19.1 Å². The average molecular weight is 337 g/mol. The summed E-state index contributed by atoms with van der Waals surface area (Å²) in [6, 6.07) is 0. The molecule has 0 N–H and O–H groups in total. The Hall–Kier alpha value is -1.47. The number of nitrogens with zero attached hydrogens (tertiary/aromatic N) is 3. The van der Waals surface area contributed by atoms with E-state index in [1.54, 1.807) is 0 Å². The Morgan fingerprint density at radius 1 is 1.00 bits per heavy atom. The Kier molecular flexibility index (Phi) is 5.84. The van der Waals surface area contributed by atoms with Gasteiger partial charge in [-0.3, -0.25) is 24.2 Å². The normalized spacial score (nSPS) is 26.8. The Morgan fingerprint density at radius 2 is 1.71 bits per heavy atom. The predicted molar refractivity (Wildman–Crippen MR) is 87.1 cm³/mol. The first-order valence-corrected chi connectivity index (χ1v) is 9.04. The first-order chi connectivity index (χ1) is 11.6. The van der Waals surface area contributed by atoms with Crippen molar-refractivity contribution in [2.45, 2.75) is 32.1 Å². The highest BCUT2D eigenvalue weighted by atomic mass is 16.5. The van der Waals surface area contributed by atoms with E-state index in [1.807, 2.05) is 4.90 Å². The van der Waals surface area contributed by atoms with E-state index in [4.69, 9.17) is 4.74 Å². The summed E-state index contributed by atoms with van der Waals surface area (Å²) in [5.41, 5.74) is 0. The van der Waals surface area contributed by atoms with Gasteiger partial charge in [-0.2, -0.15) is 0 Å². The Balaban J connectivity index is 1.46. The molecule has 1 unspecified atom stereocenters. The minimum atomic E-state index is -0.214. The Labute approximate surface area is 142 Å². The minimum absolute atomic E-state index is 0.0776. The van der Waals surface area contributed by atoms with E-state index >= 15 is 0 Å². The lowest BCUT2D eigenvalue weighted by molar-refractivity contribution is -0.145. The van der Waals surface area contributed by atoms with E-state index in [9.17, 15) is 14.4 Å². The van der Waals surface area contributed by atoms with Crippen molar-refractivity contribution in [2.24, 2.45) is 5.92 Å². The van der Waals surface area contributed by atoms with Gasteiger partial charge in [0.15, 0.2) is 0 Å². The van der Waals surface area contributed by atoms with Crippen LogP contribution in [0.4, 0.5) is 0 Å².